The van der Waals surface area contributed by atoms with Gasteiger partial charge in [-0.15, -0.1) is 0 Å². The van der Waals surface area contributed by atoms with Crippen LogP contribution in [0.3, 0.4) is 0 Å². The molecule has 2 heterocycles. The number of benzene rings is 1. The molecule has 0 atom stereocenters. The lowest BCUT2D eigenvalue weighted by Gasteiger charge is -2.34. The number of pyridine rings is 1. The van der Waals surface area contributed by atoms with Crippen molar-refractivity contribution in [3.8, 4) is 6.07 Å². The Bertz CT molecular complexity index is 651. The van der Waals surface area contributed by atoms with Crippen LogP contribution < -0.4 is 4.90 Å². The largest absolute Gasteiger partial charge is 0.354 e. The van der Waals surface area contributed by atoms with Crippen molar-refractivity contribution >= 4 is 16.7 Å². The van der Waals surface area contributed by atoms with Crippen molar-refractivity contribution < 1.29 is 0 Å². The van der Waals surface area contributed by atoms with Crippen LogP contribution in [-0.4, -0.2) is 42.6 Å². The number of para-hydroxylation sites is 1. The summed E-state index contributed by atoms with van der Waals surface area (Å²) < 4.78 is 0. The number of piperazine rings is 1. The Morgan fingerprint density at radius 3 is 2.65 bits per heavy atom. The van der Waals surface area contributed by atoms with Gasteiger partial charge in [0.05, 0.1) is 17.1 Å². The Balaban J connectivity index is 1.95. The number of likely N-dealkylation sites (N-methyl/N-ethyl adjacent to an activating group) is 1. The molecule has 4 heteroatoms. The van der Waals surface area contributed by atoms with Gasteiger partial charge in [0.15, 0.2) is 0 Å². The zero-order valence-corrected chi connectivity index (χ0v) is 11.7. The standard InChI is InChI=1S/C16H18N4/c1-2-19-7-9-20(10-8-19)16-11-13(12-17)14-5-3-4-6-15(14)18-16/h3-6,11H,2,7-10H2,1H3. The van der Waals surface area contributed by atoms with Crippen LogP contribution in [-0.2, 0) is 0 Å². The molecule has 0 N–H and O–H groups in total. The number of fused-ring (bicyclic) bond motifs is 1. The first kappa shape index (κ1) is 12.9. The van der Waals surface area contributed by atoms with E-state index in [2.05, 4.69) is 22.8 Å². The number of anilines is 1. The highest BCUT2D eigenvalue weighted by atomic mass is 15.3. The number of hydrogen-bond donors (Lipinski definition) is 0. The van der Waals surface area contributed by atoms with E-state index >= 15 is 0 Å². The normalized spacial score (nSPS) is 16.3. The molecule has 0 amide bonds. The molecule has 1 saturated heterocycles. The second kappa shape index (κ2) is 5.48. The molecule has 4 nitrogen and oxygen atoms in total. The summed E-state index contributed by atoms with van der Waals surface area (Å²) in [6.07, 6.45) is 0. The van der Waals surface area contributed by atoms with Crippen LogP contribution in [0.1, 0.15) is 12.5 Å². The van der Waals surface area contributed by atoms with Crippen LogP contribution in [0, 0.1) is 11.3 Å². The van der Waals surface area contributed by atoms with Crippen molar-refractivity contribution in [2.45, 2.75) is 6.92 Å². The molecule has 102 valence electrons. The molecule has 0 saturated carbocycles. The van der Waals surface area contributed by atoms with Gasteiger partial charge in [0.2, 0.25) is 0 Å². The molecule has 0 aliphatic carbocycles. The summed E-state index contributed by atoms with van der Waals surface area (Å²) in [5, 5.41) is 10.3. The summed E-state index contributed by atoms with van der Waals surface area (Å²) in [6.45, 7) is 7.37. The lowest BCUT2D eigenvalue weighted by Crippen LogP contribution is -2.46. The smallest absolute Gasteiger partial charge is 0.130 e. The quantitative estimate of drug-likeness (QED) is 0.836. The zero-order valence-electron chi connectivity index (χ0n) is 11.7. The van der Waals surface area contributed by atoms with Gasteiger partial charge in [-0.3, -0.25) is 0 Å². The van der Waals surface area contributed by atoms with Crippen molar-refractivity contribution in [1.82, 2.24) is 9.88 Å². The molecule has 1 fully saturated rings. The van der Waals surface area contributed by atoms with Crippen LogP contribution in [0.5, 0.6) is 0 Å². The lowest BCUT2D eigenvalue weighted by atomic mass is 10.1. The Hall–Kier alpha value is -2.12. The van der Waals surface area contributed by atoms with E-state index in [1.54, 1.807) is 0 Å². The molecular formula is C16H18N4. The first-order chi connectivity index (χ1) is 9.81. The summed E-state index contributed by atoms with van der Waals surface area (Å²) in [5.41, 5.74) is 1.61. The average molecular weight is 266 g/mol. The molecule has 1 aromatic carbocycles. The number of nitrogens with zero attached hydrogens (tertiary/aromatic N) is 4. The van der Waals surface area contributed by atoms with Crippen molar-refractivity contribution in [2.24, 2.45) is 0 Å². The van der Waals surface area contributed by atoms with Gasteiger partial charge in [0.1, 0.15) is 5.82 Å². The fourth-order valence-corrected chi connectivity index (χ4v) is 2.71. The maximum absolute atomic E-state index is 9.33. The molecule has 0 bridgehead atoms. The van der Waals surface area contributed by atoms with E-state index in [9.17, 15) is 5.26 Å². The summed E-state index contributed by atoms with van der Waals surface area (Å²) in [6, 6.07) is 12.1. The minimum Gasteiger partial charge on any atom is -0.354 e. The monoisotopic (exact) mass is 266 g/mol. The van der Waals surface area contributed by atoms with E-state index in [1.165, 1.54) is 0 Å². The van der Waals surface area contributed by atoms with Crippen molar-refractivity contribution in [3.05, 3.63) is 35.9 Å². The average Bonchev–Trinajstić information content (AvgIpc) is 2.54. The Labute approximate surface area is 119 Å². The predicted octanol–water partition coefficient (Wildman–Crippen LogP) is 2.25. The lowest BCUT2D eigenvalue weighted by molar-refractivity contribution is 0.270. The predicted molar refractivity (Wildman–Crippen MR) is 80.8 cm³/mol. The minimum atomic E-state index is 0.712. The summed E-state index contributed by atoms with van der Waals surface area (Å²) >= 11 is 0. The van der Waals surface area contributed by atoms with Gasteiger partial charge < -0.3 is 9.80 Å². The first-order valence-electron chi connectivity index (χ1n) is 7.09. The van der Waals surface area contributed by atoms with Crippen molar-refractivity contribution in [2.75, 3.05) is 37.6 Å². The molecule has 0 spiro atoms. The number of aromatic nitrogens is 1. The van der Waals surface area contributed by atoms with Crippen LogP contribution in [0.4, 0.5) is 5.82 Å². The topological polar surface area (TPSA) is 43.2 Å². The van der Waals surface area contributed by atoms with Crippen LogP contribution >= 0.6 is 0 Å². The molecule has 3 rings (SSSR count). The Kier molecular flexibility index (Phi) is 3.53. The van der Waals surface area contributed by atoms with E-state index in [4.69, 9.17) is 4.98 Å². The van der Waals surface area contributed by atoms with Crippen molar-refractivity contribution in [3.63, 3.8) is 0 Å². The highest BCUT2D eigenvalue weighted by molar-refractivity contribution is 5.86. The highest BCUT2D eigenvalue weighted by Gasteiger charge is 2.18. The third-order valence-electron chi connectivity index (χ3n) is 3.97. The fourth-order valence-electron chi connectivity index (χ4n) is 2.71. The molecule has 1 aliphatic heterocycles. The van der Waals surface area contributed by atoms with Gasteiger partial charge in [0.25, 0.3) is 0 Å². The van der Waals surface area contributed by atoms with Gasteiger partial charge >= 0.3 is 0 Å². The molecule has 0 radical (unpaired) electrons. The number of hydrogen-bond acceptors (Lipinski definition) is 4. The SMILES string of the molecule is CCN1CCN(c2cc(C#N)c3ccccc3n2)CC1. The van der Waals surface area contributed by atoms with Crippen molar-refractivity contribution in [1.29, 1.82) is 5.26 Å². The second-order valence-electron chi connectivity index (χ2n) is 5.08. The van der Waals surface area contributed by atoms with Crippen LogP contribution in [0.25, 0.3) is 10.9 Å². The molecule has 20 heavy (non-hydrogen) atoms. The number of nitriles is 1. The minimum absolute atomic E-state index is 0.712. The molecule has 0 unspecified atom stereocenters. The van der Waals surface area contributed by atoms with Gasteiger partial charge in [-0.25, -0.2) is 4.98 Å². The second-order valence-corrected chi connectivity index (χ2v) is 5.08. The summed E-state index contributed by atoms with van der Waals surface area (Å²) in [7, 11) is 0. The molecule has 1 aromatic heterocycles. The van der Waals surface area contributed by atoms with E-state index in [-0.39, 0.29) is 0 Å². The summed E-state index contributed by atoms with van der Waals surface area (Å²) in [5.74, 6) is 0.927. The summed E-state index contributed by atoms with van der Waals surface area (Å²) in [4.78, 5) is 9.43. The van der Waals surface area contributed by atoms with Gasteiger partial charge in [-0.05, 0) is 18.7 Å². The van der Waals surface area contributed by atoms with E-state index in [0.717, 1.165) is 49.4 Å². The molecule has 1 aliphatic rings. The maximum atomic E-state index is 9.33. The van der Waals surface area contributed by atoms with E-state index < -0.39 is 0 Å². The Morgan fingerprint density at radius 2 is 1.95 bits per heavy atom. The third kappa shape index (κ3) is 2.33. The van der Waals surface area contributed by atoms with Gasteiger partial charge in [-0.2, -0.15) is 5.26 Å². The van der Waals surface area contributed by atoms with Crippen LogP contribution in [0.2, 0.25) is 0 Å². The molecular weight excluding hydrogens is 248 g/mol. The Morgan fingerprint density at radius 1 is 1.20 bits per heavy atom. The third-order valence-corrected chi connectivity index (χ3v) is 3.97. The van der Waals surface area contributed by atoms with E-state index in [0.29, 0.717) is 5.56 Å². The van der Waals surface area contributed by atoms with E-state index in [1.807, 2.05) is 30.3 Å². The maximum Gasteiger partial charge on any atom is 0.130 e. The zero-order chi connectivity index (χ0) is 13.9. The van der Waals surface area contributed by atoms with Gasteiger partial charge in [0, 0.05) is 31.6 Å². The van der Waals surface area contributed by atoms with Gasteiger partial charge in [-0.1, -0.05) is 25.1 Å². The number of rotatable bonds is 2. The first-order valence-corrected chi connectivity index (χ1v) is 7.09. The molecule has 2 aromatic rings. The fraction of sp³-hybridized carbons (Fsp3) is 0.375. The highest BCUT2D eigenvalue weighted by Crippen LogP contribution is 2.23. The van der Waals surface area contributed by atoms with Crippen LogP contribution in [0.15, 0.2) is 30.3 Å².